The quantitative estimate of drug-likeness (QED) is 0.680. The minimum atomic E-state index is -0.405. The van der Waals surface area contributed by atoms with E-state index in [1.807, 2.05) is 12.1 Å². The molecular weight excluding hydrogens is 271 g/mol. The highest BCUT2D eigenvalue weighted by atomic mass is 19.1. The predicted octanol–water partition coefficient (Wildman–Crippen LogP) is 4.09. The fourth-order valence-electron chi connectivity index (χ4n) is 2.66. The summed E-state index contributed by atoms with van der Waals surface area (Å²) in [6.07, 6.45) is 1.98. The lowest BCUT2D eigenvalue weighted by Crippen LogP contribution is -2.33. The van der Waals surface area contributed by atoms with Crippen molar-refractivity contribution in [2.24, 2.45) is 0 Å². The average molecular weight is 286 g/mol. The van der Waals surface area contributed by atoms with Crippen molar-refractivity contribution in [1.82, 2.24) is 0 Å². The molecule has 3 rings (SSSR count). The van der Waals surface area contributed by atoms with Crippen molar-refractivity contribution < 1.29 is 9.31 Å². The van der Waals surface area contributed by atoms with Gasteiger partial charge in [0.25, 0.3) is 5.69 Å². The van der Waals surface area contributed by atoms with Crippen molar-refractivity contribution in [3.63, 3.8) is 0 Å². The van der Waals surface area contributed by atoms with Crippen LogP contribution in [0.2, 0.25) is 0 Å². The van der Waals surface area contributed by atoms with Crippen molar-refractivity contribution in [3.05, 3.63) is 70.0 Å². The number of hydrogen-bond acceptors (Lipinski definition) is 3. The molecule has 1 aliphatic rings. The van der Waals surface area contributed by atoms with E-state index in [-0.39, 0.29) is 11.5 Å². The number of nitrogens with one attached hydrogen (secondary N) is 1. The normalized spacial score (nSPS) is 20.6. The van der Waals surface area contributed by atoms with Crippen LogP contribution in [0.25, 0.3) is 0 Å². The fourth-order valence-corrected chi connectivity index (χ4v) is 2.66. The molecule has 2 aromatic rings. The Balaban J connectivity index is 1.54. The highest BCUT2D eigenvalue weighted by Gasteiger charge is 2.30. The van der Waals surface area contributed by atoms with Crippen LogP contribution in [0, 0.1) is 15.9 Å². The fraction of sp³-hybridized carbons (Fsp3) is 0.250. The van der Waals surface area contributed by atoms with E-state index in [1.165, 1.54) is 24.3 Å². The van der Waals surface area contributed by atoms with Crippen molar-refractivity contribution >= 4 is 11.4 Å². The molecule has 0 unspecified atom stereocenters. The maximum Gasteiger partial charge on any atom is 0.269 e. The van der Waals surface area contributed by atoms with Crippen molar-refractivity contribution in [2.75, 3.05) is 5.32 Å². The molecule has 0 heterocycles. The van der Waals surface area contributed by atoms with Crippen LogP contribution in [0.1, 0.15) is 24.3 Å². The Morgan fingerprint density at radius 2 is 1.67 bits per heavy atom. The van der Waals surface area contributed by atoms with E-state index in [0.29, 0.717) is 12.0 Å². The number of rotatable bonds is 4. The third-order valence-electron chi connectivity index (χ3n) is 3.93. The van der Waals surface area contributed by atoms with Crippen molar-refractivity contribution in [1.29, 1.82) is 0 Å². The van der Waals surface area contributed by atoms with Crippen LogP contribution in [-0.2, 0) is 0 Å². The van der Waals surface area contributed by atoms with Gasteiger partial charge >= 0.3 is 0 Å². The monoisotopic (exact) mass is 286 g/mol. The predicted molar refractivity (Wildman–Crippen MR) is 78.9 cm³/mol. The molecule has 0 spiro atoms. The largest absolute Gasteiger partial charge is 0.382 e. The molecule has 0 saturated heterocycles. The summed E-state index contributed by atoms with van der Waals surface area (Å²) in [6.45, 7) is 0. The van der Waals surface area contributed by atoms with Gasteiger partial charge in [-0.05, 0) is 48.6 Å². The van der Waals surface area contributed by atoms with Gasteiger partial charge in [0.05, 0.1) is 4.92 Å². The van der Waals surface area contributed by atoms with Crippen LogP contribution >= 0.6 is 0 Å². The van der Waals surface area contributed by atoms with Gasteiger partial charge in [-0.2, -0.15) is 0 Å². The molecule has 0 radical (unpaired) electrons. The summed E-state index contributed by atoms with van der Waals surface area (Å²) in [5, 5.41) is 13.9. The second-order valence-corrected chi connectivity index (χ2v) is 5.37. The molecule has 0 aromatic heterocycles. The van der Waals surface area contributed by atoms with Gasteiger partial charge in [-0.3, -0.25) is 10.1 Å². The molecule has 108 valence electrons. The smallest absolute Gasteiger partial charge is 0.269 e. The first-order valence-electron chi connectivity index (χ1n) is 6.88. The van der Waals surface area contributed by atoms with E-state index in [4.69, 9.17) is 0 Å². The van der Waals surface area contributed by atoms with Gasteiger partial charge in [-0.1, -0.05) is 12.1 Å². The zero-order chi connectivity index (χ0) is 14.8. The number of nitro benzene ring substituents is 1. The summed E-state index contributed by atoms with van der Waals surface area (Å²) in [6, 6.07) is 13.5. The maximum atomic E-state index is 12.9. The van der Waals surface area contributed by atoms with Crippen LogP contribution in [0.4, 0.5) is 15.8 Å². The highest BCUT2D eigenvalue weighted by molar-refractivity contribution is 5.49. The molecule has 1 aliphatic carbocycles. The van der Waals surface area contributed by atoms with E-state index in [1.54, 1.807) is 12.1 Å². The maximum absolute atomic E-state index is 12.9. The summed E-state index contributed by atoms with van der Waals surface area (Å²) in [7, 11) is 0. The topological polar surface area (TPSA) is 55.2 Å². The standard InChI is InChI=1S/C16H15FN2O2/c17-13-3-1-11(2-4-13)12-9-15(10-12)18-14-5-7-16(8-6-14)19(20)21/h1-8,12,15,18H,9-10H2. The second-order valence-electron chi connectivity index (χ2n) is 5.37. The number of anilines is 1. The van der Waals surface area contributed by atoms with Crippen molar-refractivity contribution in [2.45, 2.75) is 24.8 Å². The Labute approximate surface area is 121 Å². The van der Waals surface area contributed by atoms with Crippen LogP contribution in [0.3, 0.4) is 0 Å². The van der Waals surface area contributed by atoms with E-state index in [0.717, 1.165) is 24.1 Å². The summed E-state index contributed by atoms with van der Waals surface area (Å²) in [5.41, 5.74) is 2.15. The minimum absolute atomic E-state index is 0.0957. The first-order chi connectivity index (χ1) is 10.1. The molecule has 0 atom stereocenters. The lowest BCUT2D eigenvalue weighted by Gasteiger charge is -2.36. The highest BCUT2D eigenvalue weighted by Crippen LogP contribution is 2.38. The summed E-state index contributed by atoms with van der Waals surface area (Å²) < 4.78 is 12.9. The zero-order valence-electron chi connectivity index (χ0n) is 11.3. The third-order valence-corrected chi connectivity index (χ3v) is 3.93. The van der Waals surface area contributed by atoms with Gasteiger partial charge in [0.2, 0.25) is 0 Å². The van der Waals surface area contributed by atoms with Crippen LogP contribution < -0.4 is 5.32 Å². The van der Waals surface area contributed by atoms with Gasteiger partial charge in [-0.25, -0.2) is 4.39 Å². The SMILES string of the molecule is O=[N+]([O-])c1ccc(NC2CC(c3ccc(F)cc3)C2)cc1. The Kier molecular flexibility index (Phi) is 3.56. The Morgan fingerprint density at radius 3 is 2.24 bits per heavy atom. The first kappa shape index (κ1) is 13.5. The number of non-ortho nitro benzene ring substituents is 1. The molecule has 4 nitrogen and oxygen atoms in total. The minimum Gasteiger partial charge on any atom is -0.382 e. The molecule has 0 amide bonds. The van der Waals surface area contributed by atoms with Crippen LogP contribution in [-0.4, -0.2) is 11.0 Å². The molecule has 1 fully saturated rings. The average Bonchev–Trinajstić information content (AvgIpc) is 2.44. The second kappa shape index (κ2) is 5.52. The Morgan fingerprint density at radius 1 is 1.05 bits per heavy atom. The van der Waals surface area contributed by atoms with Gasteiger partial charge in [0.1, 0.15) is 5.82 Å². The third kappa shape index (κ3) is 3.02. The lowest BCUT2D eigenvalue weighted by atomic mass is 9.76. The molecule has 0 bridgehead atoms. The molecule has 2 aromatic carbocycles. The summed E-state index contributed by atoms with van der Waals surface area (Å²) in [5.74, 6) is 0.250. The van der Waals surface area contributed by atoms with E-state index < -0.39 is 4.92 Å². The summed E-state index contributed by atoms with van der Waals surface area (Å²) in [4.78, 5) is 10.2. The lowest BCUT2D eigenvalue weighted by molar-refractivity contribution is -0.384. The molecule has 1 saturated carbocycles. The van der Waals surface area contributed by atoms with Crippen molar-refractivity contribution in [3.8, 4) is 0 Å². The van der Waals surface area contributed by atoms with Gasteiger partial charge < -0.3 is 5.32 Å². The molecule has 5 heteroatoms. The first-order valence-corrected chi connectivity index (χ1v) is 6.88. The number of hydrogen-bond donors (Lipinski definition) is 1. The van der Waals surface area contributed by atoms with E-state index in [9.17, 15) is 14.5 Å². The summed E-state index contributed by atoms with van der Waals surface area (Å²) >= 11 is 0. The zero-order valence-corrected chi connectivity index (χ0v) is 11.3. The Bertz CT molecular complexity index is 634. The van der Waals surface area contributed by atoms with E-state index >= 15 is 0 Å². The van der Waals surface area contributed by atoms with E-state index in [2.05, 4.69) is 5.32 Å². The number of halogens is 1. The Hall–Kier alpha value is -2.43. The van der Waals surface area contributed by atoms with Gasteiger partial charge in [0, 0.05) is 23.9 Å². The van der Waals surface area contributed by atoms with Gasteiger partial charge in [0.15, 0.2) is 0 Å². The molecule has 21 heavy (non-hydrogen) atoms. The number of nitro groups is 1. The molecule has 1 N–H and O–H groups in total. The molecule has 0 aliphatic heterocycles. The van der Waals surface area contributed by atoms with Crippen LogP contribution in [0.5, 0.6) is 0 Å². The molecular formula is C16H15FN2O2. The number of nitrogens with zero attached hydrogens (tertiary/aromatic N) is 1. The number of benzene rings is 2. The van der Waals surface area contributed by atoms with Crippen LogP contribution in [0.15, 0.2) is 48.5 Å². The van der Waals surface area contributed by atoms with Gasteiger partial charge in [-0.15, -0.1) is 0 Å².